The molecule has 2 heterocycles. The quantitative estimate of drug-likeness (QED) is 0.377. The summed E-state index contributed by atoms with van der Waals surface area (Å²) in [6.07, 6.45) is 6.40. The smallest absolute Gasteiger partial charge is 0.236 e. The van der Waals surface area contributed by atoms with Crippen LogP contribution < -0.4 is 5.32 Å². The van der Waals surface area contributed by atoms with E-state index >= 15 is 0 Å². The standard InChI is InChI=1S/C29H54N2O2/c1-13-27(10,14-2)20(5)17-29(12)22(28(11,15-3)16-4)23(32)31(24(29)33)21-18-25(6,7)30-26(8,9)19-21/h20-22,30H,13-19H2,1-12H3. The van der Waals surface area contributed by atoms with Crippen molar-refractivity contribution < 1.29 is 9.59 Å². The molecule has 33 heavy (non-hydrogen) atoms. The maximum absolute atomic E-state index is 14.4. The lowest BCUT2D eigenvalue weighted by atomic mass is 9.57. The van der Waals surface area contributed by atoms with Gasteiger partial charge in [0.2, 0.25) is 11.8 Å². The topological polar surface area (TPSA) is 49.4 Å². The first-order valence-corrected chi connectivity index (χ1v) is 13.6. The number of imide groups is 1. The number of rotatable bonds is 9. The summed E-state index contributed by atoms with van der Waals surface area (Å²) in [7, 11) is 0. The molecule has 0 aromatic rings. The van der Waals surface area contributed by atoms with Crippen molar-refractivity contribution in [3.8, 4) is 0 Å². The molecule has 4 heteroatoms. The van der Waals surface area contributed by atoms with Crippen LogP contribution >= 0.6 is 0 Å². The normalized spacial score (nSPS) is 29.6. The maximum Gasteiger partial charge on any atom is 0.236 e. The van der Waals surface area contributed by atoms with Crippen LogP contribution in [0.1, 0.15) is 128 Å². The van der Waals surface area contributed by atoms with E-state index in [9.17, 15) is 9.59 Å². The van der Waals surface area contributed by atoms with Gasteiger partial charge in [-0.2, -0.15) is 0 Å². The van der Waals surface area contributed by atoms with E-state index in [0.717, 1.165) is 44.9 Å². The molecular weight excluding hydrogens is 408 g/mol. The number of amides is 2. The zero-order chi connectivity index (χ0) is 25.6. The fourth-order valence-corrected chi connectivity index (χ4v) is 7.47. The van der Waals surface area contributed by atoms with E-state index in [2.05, 4.69) is 88.4 Å². The summed E-state index contributed by atoms with van der Waals surface area (Å²) in [4.78, 5) is 30.4. The van der Waals surface area contributed by atoms with Gasteiger partial charge < -0.3 is 5.32 Å². The second kappa shape index (κ2) is 9.28. The van der Waals surface area contributed by atoms with Gasteiger partial charge in [0, 0.05) is 17.1 Å². The van der Waals surface area contributed by atoms with Gasteiger partial charge in [-0.05, 0) is 83.5 Å². The molecule has 2 rings (SSSR count). The predicted octanol–water partition coefficient (Wildman–Crippen LogP) is 6.97. The summed E-state index contributed by atoms with van der Waals surface area (Å²) in [5, 5.41) is 3.72. The van der Waals surface area contributed by atoms with E-state index in [1.54, 1.807) is 4.90 Å². The van der Waals surface area contributed by atoms with Crippen LogP contribution in [0.5, 0.6) is 0 Å². The molecule has 0 bridgehead atoms. The number of likely N-dealkylation sites (tertiary alicyclic amines) is 1. The first kappa shape index (κ1) is 28.3. The monoisotopic (exact) mass is 462 g/mol. The summed E-state index contributed by atoms with van der Waals surface area (Å²) in [5.41, 5.74) is -0.879. The summed E-state index contributed by atoms with van der Waals surface area (Å²) in [6, 6.07) is -0.0439. The second-order valence-corrected chi connectivity index (χ2v) is 13.6. The summed E-state index contributed by atoms with van der Waals surface area (Å²) in [5.74, 6) is 0.296. The number of carbonyl (C=O) groups excluding carboxylic acids is 2. The van der Waals surface area contributed by atoms with E-state index in [1.165, 1.54) is 0 Å². The first-order valence-electron chi connectivity index (χ1n) is 13.6. The molecule has 0 aromatic carbocycles. The largest absolute Gasteiger partial charge is 0.307 e. The van der Waals surface area contributed by atoms with E-state index < -0.39 is 5.41 Å². The Morgan fingerprint density at radius 3 is 1.76 bits per heavy atom. The molecular formula is C29H54N2O2. The Balaban J connectivity index is 2.58. The third-order valence-electron chi connectivity index (χ3n) is 10.2. The Labute approximate surface area is 205 Å². The Kier molecular flexibility index (Phi) is 7.97. The van der Waals surface area contributed by atoms with Gasteiger partial charge in [0.05, 0.1) is 11.3 Å². The lowest BCUT2D eigenvalue weighted by Crippen LogP contribution is -2.63. The Morgan fingerprint density at radius 2 is 1.36 bits per heavy atom. The van der Waals surface area contributed by atoms with Gasteiger partial charge >= 0.3 is 0 Å². The second-order valence-electron chi connectivity index (χ2n) is 13.6. The molecule has 2 aliphatic rings. The maximum atomic E-state index is 14.4. The molecule has 192 valence electrons. The van der Waals surface area contributed by atoms with E-state index in [0.29, 0.717) is 5.92 Å². The zero-order valence-electron chi connectivity index (χ0n) is 23.9. The van der Waals surface area contributed by atoms with Crippen LogP contribution in [0.4, 0.5) is 0 Å². The third kappa shape index (κ3) is 5.07. The molecule has 0 spiro atoms. The molecule has 2 amide bonds. The average Bonchev–Trinajstić information content (AvgIpc) is 2.89. The van der Waals surface area contributed by atoms with Crippen molar-refractivity contribution in [3.05, 3.63) is 0 Å². The average molecular weight is 463 g/mol. The molecule has 0 radical (unpaired) electrons. The van der Waals surface area contributed by atoms with Crippen molar-refractivity contribution in [2.75, 3.05) is 0 Å². The number of carbonyl (C=O) groups is 2. The van der Waals surface area contributed by atoms with Crippen LogP contribution in [-0.2, 0) is 9.59 Å². The van der Waals surface area contributed by atoms with Crippen LogP contribution in [0.25, 0.3) is 0 Å². The minimum absolute atomic E-state index is 0.0439. The highest BCUT2D eigenvalue weighted by molar-refractivity contribution is 6.08. The van der Waals surface area contributed by atoms with E-state index in [1.807, 2.05) is 0 Å². The van der Waals surface area contributed by atoms with Gasteiger partial charge in [-0.15, -0.1) is 0 Å². The van der Waals surface area contributed by atoms with Crippen LogP contribution in [-0.4, -0.2) is 33.8 Å². The lowest BCUT2D eigenvalue weighted by Gasteiger charge is -2.48. The first-order chi connectivity index (χ1) is 15.0. The Morgan fingerprint density at radius 1 is 0.909 bits per heavy atom. The van der Waals surface area contributed by atoms with Crippen LogP contribution in [0.3, 0.4) is 0 Å². The van der Waals surface area contributed by atoms with Crippen molar-refractivity contribution >= 4 is 11.8 Å². The zero-order valence-corrected chi connectivity index (χ0v) is 23.9. The summed E-state index contributed by atoms with van der Waals surface area (Å²) >= 11 is 0. The molecule has 1 N–H and O–H groups in total. The van der Waals surface area contributed by atoms with Crippen molar-refractivity contribution in [2.45, 2.75) is 145 Å². The number of nitrogens with one attached hydrogen (secondary N) is 1. The van der Waals surface area contributed by atoms with Crippen molar-refractivity contribution in [1.82, 2.24) is 10.2 Å². The molecule has 2 fully saturated rings. The van der Waals surface area contributed by atoms with Gasteiger partial charge in [0.15, 0.2) is 0 Å². The van der Waals surface area contributed by atoms with E-state index in [-0.39, 0.29) is 45.7 Å². The molecule has 0 saturated carbocycles. The molecule has 0 aromatic heterocycles. The molecule has 2 aliphatic heterocycles. The predicted molar refractivity (Wildman–Crippen MR) is 139 cm³/mol. The fourth-order valence-electron chi connectivity index (χ4n) is 7.47. The molecule has 3 unspecified atom stereocenters. The lowest BCUT2D eigenvalue weighted by molar-refractivity contribution is -0.146. The molecule has 2 saturated heterocycles. The minimum atomic E-state index is -0.651. The van der Waals surface area contributed by atoms with Crippen molar-refractivity contribution in [1.29, 1.82) is 0 Å². The van der Waals surface area contributed by atoms with Crippen molar-refractivity contribution in [3.63, 3.8) is 0 Å². The summed E-state index contributed by atoms with van der Waals surface area (Å²) in [6.45, 7) is 26.7. The van der Waals surface area contributed by atoms with Crippen LogP contribution in [0.2, 0.25) is 0 Å². The van der Waals surface area contributed by atoms with Crippen LogP contribution in [0, 0.1) is 28.1 Å². The Hall–Kier alpha value is -0.900. The van der Waals surface area contributed by atoms with Gasteiger partial charge in [-0.25, -0.2) is 0 Å². The fraction of sp³-hybridized carbons (Fsp3) is 0.931. The number of hydrogen-bond acceptors (Lipinski definition) is 3. The minimum Gasteiger partial charge on any atom is -0.307 e. The summed E-state index contributed by atoms with van der Waals surface area (Å²) < 4.78 is 0. The third-order valence-corrected chi connectivity index (χ3v) is 10.2. The number of piperidine rings is 1. The number of hydrogen-bond donors (Lipinski definition) is 1. The van der Waals surface area contributed by atoms with Gasteiger partial charge in [-0.3, -0.25) is 14.5 Å². The van der Waals surface area contributed by atoms with Crippen LogP contribution in [0.15, 0.2) is 0 Å². The van der Waals surface area contributed by atoms with Gasteiger partial charge in [0.1, 0.15) is 0 Å². The highest BCUT2D eigenvalue weighted by Gasteiger charge is 2.64. The van der Waals surface area contributed by atoms with Crippen molar-refractivity contribution in [2.24, 2.45) is 28.1 Å². The highest BCUT2D eigenvalue weighted by atomic mass is 16.2. The molecule has 0 aliphatic carbocycles. The highest BCUT2D eigenvalue weighted by Crippen LogP contribution is 2.56. The molecule has 3 atom stereocenters. The SMILES string of the molecule is CCC(C)(CC)C(C)CC1(C)C(=O)N(C2CC(C)(C)NC(C)(C)C2)C(=O)C1C(C)(CC)CC. The van der Waals surface area contributed by atoms with Gasteiger partial charge in [0.25, 0.3) is 0 Å². The van der Waals surface area contributed by atoms with E-state index in [4.69, 9.17) is 0 Å². The molecule has 4 nitrogen and oxygen atoms in total. The number of nitrogens with zero attached hydrogens (tertiary/aromatic N) is 1. The van der Waals surface area contributed by atoms with Gasteiger partial charge in [-0.1, -0.05) is 61.3 Å². The Bertz CT molecular complexity index is 716.